The normalized spacial score (nSPS) is 15.6. The van der Waals surface area contributed by atoms with Crippen molar-refractivity contribution >= 4 is 39.5 Å². The highest BCUT2D eigenvalue weighted by Gasteiger charge is 2.34. The molecular weight excluding hydrogens is 384 g/mol. The number of halogens is 1. The van der Waals surface area contributed by atoms with E-state index >= 15 is 0 Å². The smallest absolute Gasteiger partial charge is 0.282 e. The number of nitrogens with zero attached hydrogens (tertiary/aromatic N) is 1. The molecule has 6 heteroatoms. The number of hydrogen-bond acceptors (Lipinski definition) is 3. The molecule has 1 aliphatic rings. The third-order valence-corrected chi connectivity index (χ3v) is 4.25. The Labute approximate surface area is 154 Å². The van der Waals surface area contributed by atoms with Crippen LogP contribution in [-0.4, -0.2) is 18.4 Å². The van der Waals surface area contributed by atoms with Crippen molar-refractivity contribution in [1.82, 2.24) is 5.43 Å². The number of rotatable bonds is 4. The monoisotopic (exact) mass is 400 g/mol. The zero-order valence-corrected chi connectivity index (χ0v) is 15.5. The van der Waals surface area contributed by atoms with Crippen LogP contribution in [0.1, 0.15) is 18.1 Å². The second kappa shape index (κ2) is 7.11. The maximum atomic E-state index is 12.7. The fourth-order valence-electron chi connectivity index (χ4n) is 2.51. The molecule has 1 fully saturated rings. The van der Waals surface area contributed by atoms with Gasteiger partial charge in [0.15, 0.2) is 0 Å². The van der Waals surface area contributed by atoms with Gasteiger partial charge in [-0.1, -0.05) is 33.6 Å². The first-order valence-corrected chi connectivity index (χ1v) is 8.65. The number of carbonyl (C=O) groups excluding carboxylic acids is 2. The summed E-state index contributed by atoms with van der Waals surface area (Å²) >= 11 is 3.40. The molecule has 0 spiro atoms. The van der Waals surface area contributed by atoms with Crippen LogP contribution in [0.25, 0.3) is 6.08 Å². The second-order valence-corrected chi connectivity index (χ2v) is 6.51. The van der Waals surface area contributed by atoms with Crippen molar-refractivity contribution < 1.29 is 14.3 Å². The van der Waals surface area contributed by atoms with E-state index in [9.17, 15) is 9.59 Å². The van der Waals surface area contributed by atoms with Gasteiger partial charge in [0.25, 0.3) is 11.8 Å². The van der Waals surface area contributed by atoms with E-state index in [-0.39, 0.29) is 5.57 Å². The van der Waals surface area contributed by atoms with Crippen LogP contribution in [0.2, 0.25) is 0 Å². The predicted octanol–water partition coefficient (Wildman–Crippen LogP) is 3.62. The highest BCUT2D eigenvalue weighted by Crippen LogP contribution is 2.28. The van der Waals surface area contributed by atoms with Crippen LogP contribution in [0.15, 0.2) is 52.5 Å². The fourth-order valence-corrected chi connectivity index (χ4v) is 2.89. The average molecular weight is 401 g/mol. The maximum Gasteiger partial charge on any atom is 0.282 e. The van der Waals surface area contributed by atoms with Crippen molar-refractivity contribution in [2.45, 2.75) is 13.8 Å². The molecule has 25 heavy (non-hydrogen) atoms. The summed E-state index contributed by atoms with van der Waals surface area (Å²) in [6, 6.07) is 12.8. The SMILES string of the molecule is CCOc1ccc(Br)cc1/C=C1/C(=O)NN(c2ccc(C)cc2)C1=O. The molecular formula is C19H17BrN2O3. The topological polar surface area (TPSA) is 58.6 Å². The van der Waals surface area contributed by atoms with Gasteiger partial charge in [0.05, 0.1) is 12.3 Å². The Balaban J connectivity index is 1.96. The number of benzene rings is 2. The summed E-state index contributed by atoms with van der Waals surface area (Å²) in [5, 5.41) is 1.26. The number of amides is 2. The summed E-state index contributed by atoms with van der Waals surface area (Å²) in [5.74, 6) is -0.211. The summed E-state index contributed by atoms with van der Waals surface area (Å²) in [6.07, 6.45) is 1.56. The minimum atomic E-state index is -0.437. The van der Waals surface area contributed by atoms with Crippen LogP contribution < -0.4 is 15.2 Å². The van der Waals surface area contributed by atoms with Crippen LogP contribution in [0.3, 0.4) is 0 Å². The van der Waals surface area contributed by atoms with E-state index in [0.29, 0.717) is 23.6 Å². The number of aryl methyl sites for hydroxylation is 1. The van der Waals surface area contributed by atoms with Gasteiger partial charge in [-0.3, -0.25) is 15.0 Å². The van der Waals surface area contributed by atoms with Gasteiger partial charge < -0.3 is 4.74 Å². The Kier molecular flexibility index (Phi) is 4.90. The molecule has 0 atom stereocenters. The van der Waals surface area contributed by atoms with Crippen molar-refractivity contribution in [3.8, 4) is 5.75 Å². The molecule has 0 unspecified atom stereocenters. The Hall–Kier alpha value is -2.60. The largest absolute Gasteiger partial charge is 0.493 e. The minimum Gasteiger partial charge on any atom is -0.493 e. The number of nitrogens with one attached hydrogen (secondary N) is 1. The maximum absolute atomic E-state index is 12.7. The number of carbonyl (C=O) groups is 2. The van der Waals surface area contributed by atoms with Crippen LogP contribution in [0, 0.1) is 6.92 Å². The van der Waals surface area contributed by atoms with E-state index in [1.54, 1.807) is 24.3 Å². The molecule has 128 valence electrons. The van der Waals surface area contributed by atoms with Gasteiger partial charge in [-0.05, 0) is 50.3 Å². The second-order valence-electron chi connectivity index (χ2n) is 5.59. The summed E-state index contributed by atoms with van der Waals surface area (Å²) in [7, 11) is 0. The summed E-state index contributed by atoms with van der Waals surface area (Å²) in [6.45, 7) is 4.33. The van der Waals surface area contributed by atoms with Crippen LogP contribution in [0.4, 0.5) is 5.69 Å². The molecule has 5 nitrogen and oxygen atoms in total. The van der Waals surface area contributed by atoms with Gasteiger partial charge in [-0.2, -0.15) is 0 Å². The average Bonchev–Trinajstić information content (AvgIpc) is 2.86. The highest BCUT2D eigenvalue weighted by atomic mass is 79.9. The third kappa shape index (κ3) is 3.58. The predicted molar refractivity (Wildman–Crippen MR) is 100 cm³/mol. The quantitative estimate of drug-likeness (QED) is 0.629. The van der Waals surface area contributed by atoms with Gasteiger partial charge >= 0.3 is 0 Å². The molecule has 0 radical (unpaired) electrons. The Morgan fingerprint density at radius 3 is 2.56 bits per heavy atom. The molecule has 0 bridgehead atoms. The first-order valence-electron chi connectivity index (χ1n) is 7.85. The molecule has 0 aromatic heterocycles. The standard InChI is InChI=1S/C19H17BrN2O3/c1-3-25-17-9-6-14(20)10-13(17)11-16-18(23)21-22(19(16)24)15-7-4-12(2)5-8-15/h4-11H,3H2,1-2H3,(H,21,23)/b16-11-. The van der Waals surface area contributed by atoms with E-state index in [2.05, 4.69) is 21.4 Å². The van der Waals surface area contributed by atoms with E-state index in [0.717, 1.165) is 10.0 Å². The van der Waals surface area contributed by atoms with Crippen LogP contribution in [0.5, 0.6) is 5.75 Å². The molecule has 0 saturated carbocycles. The molecule has 1 N–H and O–H groups in total. The summed E-state index contributed by atoms with van der Waals surface area (Å²) < 4.78 is 6.41. The lowest BCUT2D eigenvalue weighted by Crippen LogP contribution is -2.35. The molecule has 1 saturated heterocycles. The van der Waals surface area contributed by atoms with Crippen molar-refractivity contribution in [2.75, 3.05) is 11.6 Å². The van der Waals surface area contributed by atoms with Gasteiger partial charge in [0.2, 0.25) is 0 Å². The molecule has 2 aromatic rings. The Morgan fingerprint density at radius 2 is 1.88 bits per heavy atom. The van der Waals surface area contributed by atoms with Gasteiger partial charge in [-0.15, -0.1) is 0 Å². The van der Waals surface area contributed by atoms with E-state index in [1.165, 1.54) is 5.01 Å². The van der Waals surface area contributed by atoms with Gasteiger partial charge in [0, 0.05) is 10.0 Å². The molecule has 0 aliphatic carbocycles. The number of anilines is 1. The number of ether oxygens (including phenoxy) is 1. The summed E-state index contributed by atoms with van der Waals surface area (Å²) in [4.78, 5) is 25.0. The molecule has 3 rings (SSSR count). The van der Waals surface area contributed by atoms with Crippen molar-refractivity contribution in [2.24, 2.45) is 0 Å². The third-order valence-electron chi connectivity index (χ3n) is 3.76. The first-order chi connectivity index (χ1) is 12.0. The van der Waals surface area contributed by atoms with Gasteiger partial charge in [-0.25, -0.2) is 5.01 Å². The summed E-state index contributed by atoms with van der Waals surface area (Å²) in [5.41, 5.74) is 5.03. The van der Waals surface area contributed by atoms with Crippen molar-refractivity contribution in [3.63, 3.8) is 0 Å². The molecule has 2 aromatic carbocycles. The zero-order valence-electron chi connectivity index (χ0n) is 13.9. The molecule has 1 aliphatic heterocycles. The fraction of sp³-hybridized carbons (Fsp3) is 0.158. The molecule has 1 heterocycles. The van der Waals surface area contributed by atoms with Crippen molar-refractivity contribution in [3.05, 3.63) is 63.6 Å². The lowest BCUT2D eigenvalue weighted by Gasteiger charge is -2.14. The van der Waals surface area contributed by atoms with E-state index in [4.69, 9.17) is 4.74 Å². The minimum absolute atomic E-state index is 0.0691. The van der Waals surface area contributed by atoms with Crippen LogP contribution >= 0.6 is 15.9 Å². The van der Waals surface area contributed by atoms with Gasteiger partial charge in [0.1, 0.15) is 11.3 Å². The Morgan fingerprint density at radius 1 is 1.16 bits per heavy atom. The zero-order chi connectivity index (χ0) is 18.0. The first kappa shape index (κ1) is 17.2. The lowest BCUT2D eigenvalue weighted by molar-refractivity contribution is -0.117. The molecule has 2 amide bonds. The Bertz CT molecular complexity index is 859. The van der Waals surface area contributed by atoms with Crippen molar-refractivity contribution in [1.29, 1.82) is 0 Å². The van der Waals surface area contributed by atoms with E-state index < -0.39 is 11.8 Å². The number of hydrogen-bond donors (Lipinski definition) is 1. The van der Waals surface area contributed by atoms with E-state index in [1.807, 2.05) is 38.1 Å². The lowest BCUT2D eigenvalue weighted by atomic mass is 10.1. The van der Waals surface area contributed by atoms with Crippen LogP contribution in [-0.2, 0) is 9.59 Å². The number of hydrazine groups is 1. The highest BCUT2D eigenvalue weighted by molar-refractivity contribution is 9.10.